The summed E-state index contributed by atoms with van der Waals surface area (Å²) < 4.78 is 2.12. The molecule has 0 saturated carbocycles. The number of fused-ring (bicyclic) bond motifs is 1. The second-order valence-corrected chi connectivity index (χ2v) is 6.37. The van der Waals surface area contributed by atoms with E-state index in [1.165, 1.54) is 5.56 Å². The van der Waals surface area contributed by atoms with Gasteiger partial charge in [0.25, 0.3) is 0 Å². The molecule has 0 unspecified atom stereocenters. The fraction of sp³-hybridized carbons (Fsp3) is 0.143. The minimum absolute atomic E-state index is 0.939. The molecule has 25 heavy (non-hydrogen) atoms. The van der Waals surface area contributed by atoms with Crippen LogP contribution in [0.25, 0.3) is 28.0 Å². The van der Waals surface area contributed by atoms with Crippen LogP contribution in [0.5, 0.6) is 0 Å². The number of imidazole rings is 1. The second kappa shape index (κ2) is 6.06. The third kappa shape index (κ3) is 2.66. The molecule has 0 bridgehead atoms. The molecule has 0 aliphatic carbocycles. The molecule has 1 aromatic carbocycles. The standard InChI is InChI=1S/C21H20N4/c1-15-7-4-5-8-17(15)21-18(9-6-12-22-21)16-10-11-19-23-13-20(24(2)3)25(19)14-16/h4-14H,1-3H3. The lowest BCUT2D eigenvalue weighted by Crippen LogP contribution is -2.11. The van der Waals surface area contributed by atoms with Crippen molar-refractivity contribution >= 4 is 11.5 Å². The molecule has 124 valence electrons. The van der Waals surface area contributed by atoms with E-state index in [-0.39, 0.29) is 0 Å². The maximum atomic E-state index is 4.68. The summed E-state index contributed by atoms with van der Waals surface area (Å²) in [6, 6.07) is 16.6. The van der Waals surface area contributed by atoms with Crippen LogP contribution in [-0.2, 0) is 0 Å². The van der Waals surface area contributed by atoms with Gasteiger partial charge in [0.1, 0.15) is 11.5 Å². The van der Waals surface area contributed by atoms with Gasteiger partial charge >= 0.3 is 0 Å². The van der Waals surface area contributed by atoms with E-state index in [4.69, 9.17) is 0 Å². The zero-order chi connectivity index (χ0) is 17.4. The fourth-order valence-electron chi connectivity index (χ4n) is 3.15. The van der Waals surface area contributed by atoms with Gasteiger partial charge in [-0.15, -0.1) is 0 Å². The highest BCUT2D eigenvalue weighted by molar-refractivity contribution is 5.82. The summed E-state index contributed by atoms with van der Waals surface area (Å²) in [5.74, 6) is 1.05. The molecule has 0 N–H and O–H groups in total. The topological polar surface area (TPSA) is 33.4 Å². The fourth-order valence-corrected chi connectivity index (χ4v) is 3.15. The smallest absolute Gasteiger partial charge is 0.138 e. The van der Waals surface area contributed by atoms with Gasteiger partial charge in [-0.25, -0.2) is 4.98 Å². The predicted molar refractivity (Wildman–Crippen MR) is 103 cm³/mol. The normalized spacial score (nSPS) is 11.0. The van der Waals surface area contributed by atoms with Crippen molar-refractivity contribution in [2.45, 2.75) is 6.92 Å². The number of nitrogens with zero attached hydrogens (tertiary/aromatic N) is 4. The quantitative estimate of drug-likeness (QED) is 0.557. The highest BCUT2D eigenvalue weighted by atomic mass is 15.2. The summed E-state index contributed by atoms with van der Waals surface area (Å²) in [6.07, 6.45) is 5.88. The molecule has 3 aromatic heterocycles. The first-order valence-electron chi connectivity index (χ1n) is 8.31. The average molecular weight is 328 g/mol. The molecule has 0 aliphatic heterocycles. The Labute approximate surface area is 147 Å². The van der Waals surface area contributed by atoms with E-state index < -0.39 is 0 Å². The van der Waals surface area contributed by atoms with Crippen molar-refractivity contribution in [1.29, 1.82) is 0 Å². The van der Waals surface area contributed by atoms with Crippen LogP contribution >= 0.6 is 0 Å². The van der Waals surface area contributed by atoms with Crippen LogP contribution in [0.3, 0.4) is 0 Å². The Morgan fingerprint density at radius 3 is 2.48 bits per heavy atom. The SMILES string of the molecule is Cc1ccccc1-c1ncccc1-c1ccc2ncc(N(C)C)n2c1. The largest absolute Gasteiger partial charge is 0.363 e. The first-order chi connectivity index (χ1) is 12.1. The zero-order valence-electron chi connectivity index (χ0n) is 14.6. The minimum Gasteiger partial charge on any atom is -0.363 e. The maximum Gasteiger partial charge on any atom is 0.138 e. The van der Waals surface area contributed by atoms with Crippen LogP contribution in [0, 0.1) is 6.92 Å². The minimum atomic E-state index is 0.939. The molecule has 0 radical (unpaired) electrons. The molecular formula is C21H20N4. The summed E-state index contributed by atoms with van der Waals surface area (Å²) >= 11 is 0. The number of rotatable bonds is 3. The Balaban J connectivity index is 1.93. The Hall–Kier alpha value is -3.14. The predicted octanol–water partition coefficient (Wildman–Crippen LogP) is 4.44. The van der Waals surface area contributed by atoms with Crippen molar-refractivity contribution < 1.29 is 0 Å². The first-order valence-corrected chi connectivity index (χ1v) is 8.31. The summed E-state index contributed by atoms with van der Waals surface area (Å²) in [4.78, 5) is 11.2. The summed E-state index contributed by atoms with van der Waals surface area (Å²) in [5, 5.41) is 0. The Bertz CT molecular complexity index is 1050. The monoisotopic (exact) mass is 328 g/mol. The lowest BCUT2D eigenvalue weighted by molar-refractivity contribution is 1.04. The number of pyridine rings is 2. The number of hydrogen-bond donors (Lipinski definition) is 0. The number of hydrogen-bond acceptors (Lipinski definition) is 3. The Morgan fingerprint density at radius 1 is 0.880 bits per heavy atom. The maximum absolute atomic E-state index is 4.68. The van der Waals surface area contributed by atoms with E-state index >= 15 is 0 Å². The molecule has 3 heterocycles. The molecular weight excluding hydrogens is 308 g/mol. The molecule has 0 aliphatic rings. The van der Waals surface area contributed by atoms with Gasteiger partial charge in [-0.05, 0) is 30.7 Å². The van der Waals surface area contributed by atoms with Crippen LogP contribution in [0.2, 0.25) is 0 Å². The van der Waals surface area contributed by atoms with Gasteiger partial charge in [0, 0.05) is 43.2 Å². The third-order valence-corrected chi connectivity index (χ3v) is 4.46. The lowest BCUT2D eigenvalue weighted by atomic mass is 9.97. The number of anilines is 1. The molecule has 0 amide bonds. The summed E-state index contributed by atoms with van der Waals surface area (Å²) in [5.41, 5.74) is 6.58. The lowest BCUT2D eigenvalue weighted by Gasteiger charge is -2.14. The van der Waals surface area contributed by atoms with Crippen molar-refractivity contribution in [1.82, 2.24) is 14.4 Å². The number of benzene rings is 1. The number of aromatic nitrogens is 3. The summed E-state index contributed by atoms with van der Waals surface area (Å²) in [7, 11) is 4.05. The molecule has 4 heteroatoms. The van der Waals surface area contributed by atoms with E-state index in [1.54, 1.807) is 0 Å². The molecule has 4 rings (SSSR count). The van der Waals surface area contributed by atoms with Crippen molar-refractivity contribution in [3.8, 4) is 22.4 Å². The zero-order valence-corrected chi connectivity index (χ0v) is 14.6. The molecule has 0 fully saturated rings. The van der Waals surface area contributed by atoms with Crippen LogP contribution in [0.4, 0.5) is 5.82 Å². The second-order valence-electron chi connectivity index (χ2n) is 6.37. The van der Waals surface area contributed by atoms with E-state index in [9.17, 15) is 0 Å². The van der Waals surface area contributed by atoms with Crippen LogP contribution in [0.1, 0.15) is 5.56 Å². The Morgan fingerprint density at radius 2 is 1.68 bits per heavy atom. The van der Waals surface area contributed by atoms with Gasteiger partial charge in [-0.1, -0.05) is 30.3 Å². The van der Waals surface area contributed by atoms with Gasteiger partial charge in [0.2, 0.25) is 0 Å². The van der Waals surface area contributed by atoms with Crippen LogP contribution in [0.15, 0.2) is 67.1 Å². The molecule has 4 aromatic rings. The van der Waals surface area contributed by atoms with Crippen molar-refractivity contribution in [3.63, 3.8) is 0 Å². The van der Waals surface area contributed by atoms with E-state index in [0.29, 0.717) is 0 Å². The molecule has 4 nitrogen and oxygen atoms in total. The van der Waals surface area contributed by atoms with Crippen molar-refractivity contribution in [2.24, 2.45) is 0 Å². The highest BCUT2D eigenvalue weighted by Crippen LogP contribution is 2.32. The van der Waals surface area contributed by atoms with Crippen LogP contribution < -0.4 is 4.90 Å². The van der Waals surface area contributed by atoms with Gasteiger partial charge in [-0.3, -0.25) is 9.38 Å². The molecule has 0 saturated heterocycles. The van der Waals surface area contributed by atoms with E-state index in [2.05, 4.69) is 74.9 Å². The molecule has 0 spiro atoms. The number of aryl methyl sites for hydroxylation is 1. The van der Waals surface area contributed by atoms with Crippen LogP contribution in [-0.4, -0.2) is 28.5 Å². The third-order valence-electron chi connectivity index (χ3n) is 4.46. The van der Waals surface area contributed by atoms with E-state index in [1.807, 2.05) is 32.6 Å². The van der Waals surface area contributed by atoms with Gasteiger partial charge in [0.15, 0.2) is 0 Å². The molecule has 0 atom stereocenters. The van der Waals surface area contributed by atoms with Gasteiger partial charge < -0.3 is 4.90 Å². The highest BCUT2D eigenvalue weighted by Gasteiger charge is 2.12. The van der Waals surface area contributed by atoms with Gasteiger partial charge in [0.05, 0.1) is 11.9 Å². The first kappa shape index (κ1) is 15.4. The average Bonchev–Trinajstić information content (AvgIpc) is 3.05. The summed E-state index contributed by atoms with van der Waals surface area (Å²) in [6.45, 7) is 2.12. The van der Waals surface area contributed by atoms with E-state index in [0.717, 1.165) is 33.8 Å². The van der Waals surface area contributed by atoms with Crippen molar-refractivity contribution in [2.75, 3.05) is 19.0 Å². The van der Waals surface area contributed by atoms with Gasteiger partial charge in [-0.2, -0.15) is 0 Å². The Kier molecular flexibility index (Phi) is 3.73. The van der Waals surface area contributed by atoms with Crippen molar-refractivity contribution in [3.05, 3.63) is 72.7 Å².